The molecule has 0 aromatic heterocycles. The van der Waals surface area contributed by atoms with E-state index < -0.39 is 10.0 Å². The van der Waals surface area contributed by atoms with Crippen LogP contribution in [0.4, 0.5) is 0 Å². The molecule has 1 saturated carbocycles. The predicted octanol–water partition coefficient (Wildman–Crippen LogP) is 2.77. The number of halogens is 1. The number of alkyl halides is 1. The van der Waals surface area contributed by atoms with Crippen LogP contribution < -0.4 is 0 Å². The van der Waals surface area contributed by atoms with Gasteiger partial charge in [0, 0.05) is 18.4 Å². The van der Waals surface area contributed by atoms with E-state index in [0.717, 1.165) is 31.0 Å². The normalized spacial score (nSPS) is 24.1. The van der Waals surface area contributed by atoms with Gasteiger partial charge in [-0.05, 0) is 31.6 Å². The standard InChI is InChI=1S/C14H26BrNO3S/c15-8-11-19-14-6-9-16(10-7-14)20(17,18)12-13-4-2-1-3-5-13/h13-14H,1-12H2. The monoisotopic (exact) mass is 367 g/mol. The van der Waals surface area contributed by atoms with E-state index in [1.165, 1.54) is 19.3 Å². The van der Waals surface area contributed by atoms with Crippen molar-refractivity contribution >= 4 is 26.0 Å². The van der Waals surface area contributed by atoms with Crippen LogP contribution in [0.25, 0.3) is 0 Å². The van der Waals surface area contributed by atoms with Crippen molar-refractivity contribution in [3.05, 3.63) is 0 Å². The van der Waals surface area contributed by atoms with Crippen LogP contribution >= 0.6 is 15.9 Å². The zero-order chi connectivity index (χ0) is 14.4. The lowest BCUT2D eigenvalue weighted by molar-refractivity contribution is 0.0308. The number of piperidine rings is 1. The van der Waals surface area contributed by atoms with Gasteiger partial charge < -0.3 is 4.74 Å². The third-order valence-electron chi connectivity index (χ3n) is 4.40. The molecule has 0 spiro atoms. The van der Waals surface area contributed by atoms with Crippen molar-refractivity contribution < 1.29 is 13.2 Å². The fourth-order valence-electron chi connectivity index (χ4n) is 3.25. The molecule has 1 aliphatic heterocycles. The van der Waals surface area contributed by atoms with Crippen molar-refractivity contribution in [1.29, 1.82) is 0 Å². The highest BCUT2D eigenvalue weighted by molar-refractivity contribution is 9.09. The summed E-state index contributed by atoms with van der Waals surface area (Å²) in [6.07, 6.45) is 7.73. The summed E-state index contributed by atoms with van der Waals surface area (Å²) in [7, 11) is -3.06. The molecule has 1 saturated heterocycles. The highest BCUT2D eigenvalue weighted by atomic mass is 79.9. The first kappa shape index (κ1) is 16.7. The molecule has 20 heavy (non-hydrogen) atoms. The number of nitrogens with zero attached hydrogens (tertiary/aromatic N) is 1. The first-order chi connectivity index (χ1) is 9.62. The Balaban J connectivity index is 1.79. The second-order valence-corrected chi connectivity index (χ2v) is 8.75. The van der Waals surface area contributed by atoms with Crippen molar-refractivity contribution in [3.8, 4) is 0 Å². The molecule has 0 bridgehead atoms. The fraction of sp³-hybridized carbons (Fsp3) is 1.00. The van der Waals surface area contributed by atoms with Crippen molar-refractivity contribution in [2.75, 3.05) is 30.8 Å². The van der Waals surface area contributed by atoms with E-state index in [-0.39, 0.29) is 6.10 Å². The minimum Gasteiger partial charge on any atom is -0.377 e. The molecule has 118 valence electrons. The zero-order valence-corrected chi connectivity index (χ0v) is 14.5. The molecular formula is C14H26BrNO3S. The minimum atomic E-state index is -3.06. The van der Waals surface area contributed by atoms with E-state index in [9.17, 15) is 8.42 Å². The highest BCUT2D eigenvalue weighted by Gasteiger charge is 2.30. The molecule has 1 heterocycles. The van der Waals surface area contributed by atoms with Crippen molar-refractivity contribution in [1.82, 2.24) is 4.31 Å². The molecule has 0 unspecified atom stereocenters. The smallest absolute Gasteiger partial charge is 0.214 e. The van der Waals surface area contributed by atoms with Crippen LogP contribution in [0.3, 0.4) is 0 Å². The Labute approximate surface area is 131 Å². The van der Waals surface area contributed by atoms with Crippen LogP contribution in [-0.4, -0.2) is 49.6 Å². The van der Waals surface area contributed by atoms with E-state index in [0.29, 0.717) is 31.4 Å². The van der Waals surface area contributed by atoms with Gasteiger partial charge in [-0.25, -0.2) is 12.7 Å². The Bertz CT molecular complexity index is 374. The summed E-state index contributed by atoms with van der Waals surface area (Å²) in [6, 6.07) is 0. The van der Waals surface area contributed by atoms with E-state index >= 15 is 0 Å². The average molecular weight is 368 g/mol. The van der Waals surface area contributed by atoms with Gasteiger partial charge in [0.2, 0.25) is 10.0 Å². The van der Waals surface area contributed by atoms with E-state index in [2.05, 4.69) is 15.9 Å². The lowest BCUT2D eigenvalue weighted by Crippen LogP contribution is -2.43. The third-order valence-corrected chi connectivity index (χ3v) is 6.76. The van der Waals surface area contributed by atoms with Crippen LogP contribution in [0.5, 0.6) is 0 Å². The average Bonchev–Trinajstić information content (AvgIpc) is 2.46. The number of sulfonamides is 1. The van der Waals surface area contributed by atoms with Gasteiger partial charge in [0.15, 0.2) is 0 Å². The minimum absolute atomic E-state index is 0.230. The first-order valence-corrected chi connectivity index (χ1v) is 10.5. The summed E-state index contributed by atoms with van der Waals surface area (Å²) in [5.41, 5.74) is 0. The molecule has 0 radical (unpaired) electrons. The summed E-state index contributed by atoms with van der Waals surface area (Å²) in [4.78, 5) is 0. The number of hydrogen-bond donors (Lipinski definition) is 0. The van der Waals surface area contributed by atoms with Gasteiger partial charge in [-0.15, -0.1) is 0 Å². The fourth-order valence-corrected chi connectivity index (χ4v) is 5.34. The Morgan fingerprint density at radius 2 is 1.70 bits per heavy atom. The topological polar surface area (TPSA) is 46.6 Å². The lowest BCUT2D eigenvalue weighted by Gasteiger charge is -2.32. The Morgan fingerprint density at radius 1 is 1.05 bits per heavy atom. The zero-order valence-electron chi connectivity index (χ0n) is 12.1. The molecule has 1 aliphatic carbocycles. The molecular weight excluding hydrogens is 342 g/mol. The van der Waals surface area contributed by atoms with Gasteiger partial charge in [0.1, 0.15) is 0 Å². The summed E-state index contributed by atoms with van der Waals surface area (Å²) in [5.74, 6) is 0.746. The SMILES string of the molecule is O=S(=O)(CC1CCCCC1)N1CCC(OCCBr)CC1. The maximum atomic E-state index is 12.5. The second-order valence-electron chi connectivity index (χ2n) is 5.94. The molecule has 2 fully saturated rings. The summed E-state index contributed by atoms with van der Waals surface area (Å²) >= 11 is 3.34. The molecule has 0 amide bonds. The summed E-state index contributed by atoms with van der Waals surface area (Å²) < 4.78 is 32.3. The molecule has 0 aromatic rings. The molecule has 4 nitrogen and oxygen atoms in total. The Morgan fingerprint density at radius 3 is 2.30 bits per heavy atom. The van der Waals surface area contributed by atoms with Gasteiger partial charge in [0.05, 0.1) is 18.5 Å². The Hall–Kier alpha value is 0.350. The molecule has 2 aliphatic rings. The third kappa shape index (κ3) is 4.97. The Kier molecular flexibility index (Phi) is 6.78. The predicted molar refractivity (Wildman–Crippen MR) is 84.7 cm³/mol. The number of ether oxygens (including phenoxy) is 1. The van der Waals surface area contributed by atoms with Crippen molar-refractivity contribution in [3.63, 3.8) is 0 Å². The van der Waals surface area contributed by atoms with Crippen LogP contribution in [0, 0.1) is 5.92 Å². The van der Waals surface area contributed by atoms with Crippen molar-refractivity contribution in [2.24, 2.45) is 5.92 Å². The molecule has 2 rings (SSSR count). The van der Waals surface area contributed by atoms with Crippen LogP contribution in [-0.2, 0) is 14.8 Å². The molecule has 0 N–H and O–H groups in total. The van der Waals surface area contributed by atoms with Crippen molar-refractivity contribution in [2.45, 2.75) is 51.0 Å². The van der Waals surface area contributed by atoms with Gasteiger partial charge >= 0.3 is 0 Å². The quantitative estimate of drug-likeness (QED) is 0.678. The van der Waals surface area contributed by atoms with Gasteiger partial charge in [0.25, 0.3) is 0 Å². The summed E-state index contributed by atoms with van der Waals surface area (Å²) in [6.45, 7) is 1.96. The largest absolute Gasteiger partial charge is 0.377 e. The lowest BCUT2D eigenvalue weighted by atomic mass is 9.91. The highest BCUT2D eigenvalue weighted by Crippen LogP contribution is 2.27. The molecule has 6 heteroatoms. The summed E-state index contributed by atoms with van der Waals surface area (Å²) in [5, 5.41) is 0.840. The molecule has 0 atom stereocenters. The molecule has 0 aromatic carbocycles. The van der Waals surface area contributed by atoms with E-state index in [1.807, 2.05) is 0 Å². The number of rotatable bonds is 6. The first-order valence-electron chi connectivity index (χ1n) is 7.77. The van der Waals surface area contributed by atoms with E-state index in [4.69, 9.17) is 4.74 Å². The van der Waals surface area contributed by atoms with Crippen LogP contribution in [0.1, 0.15) is 44.9 Å². The maximum Gasteiger partial charge on any atom is 0.214 e. The number of hydrogen-bond acceptors (Lipinski definition) is 3. The van der Waals surface area contributed by atoms with Gasteiger partial charge in [-0.3, -0.25) is 0 Å². The van der Waals surface area contributed by atoms with Gasteiger partial charge in [-0.1, -0.05) is 35.2 Å². The van der Waals surface area contributed by atoms with Crippen LogP contribution in [0.15, 0.2) is 0 Å². The second kappa shape index (κ2) is 8.11. The van der Waals surface area contributed by atoms with Gasteiger partial charge in [-0.2, -0.15) is 0 Å². The maximum absolute atomic E-state index is 12.5. The van der Waals surface area contributed by atoms with Crippen LogP contribution in [0.2, 0.25) is 0 Å². The van der Waals surface area contributed by atoms with E-state index in [1.54, 1.807) is 4.31 Å².